The van der Waals surface area contributed by atoms with Crippen LogP contribution in [0.1, 0.15) is 25.8 Å². The number of hydrogen-bond donors (Lipinski definition) is 1. The Balaban J connectivity index is 1.86. The van der Waals surface area contributed by atoms with Crippen LogP contribution in [0.2, 0.25) is 0 Å². The van der Waals surface area contributed by atoms with Crippen LogP contribution in [0.5, 0.6) is 0 Å². The number of carbonyl (C=O) groups is 1. The molecule has 0 aromatic heterocycles. The molecule has 1 aliphatic heterocycles. The number of hydrogen-bond acceptors (Lipinski definition) is 1. The lowest BCUT2D eigenvalue weighted by molar-refractivity contribution is 0.149. The third kappa shape index (κ3) is 4.12. The standard InChI is InChI=1S/C16H22N2O/c1-13-10-14(2)12-18(11-13)16(19)17-9-8-15-6-4-3-5-7-15/h3-9,13-14H,10-12H2,1-2H3,(H,17,19)/b9-8+. The van der Waals surface area contributed by atoms with Crippen LogP contribution in [0, 0.1) is 11.8 Å². The van der Waals surface area contributed by atoms with E-state index in [0.29, 0.717) is 11.8 Å². The van der Waals surface area contributed by atoms with E-state index in [1.807, 2.05) is 41.3 Å². The minimum absolute atomic E-state index is 0.00517. The summed E-state index contributed by atoms with van der Waals surface area (Å²) in [6, 6.07) is 9.96. The van der Waals surface area contributed by atoms with E-state index in [9.17, 15) is 4.79 Å². The quantitative estimate of drug-likeness (QED) is 0.867. The number of amides is 2. The SMILES string of the molecule is CC1CC(C)CN(C(=O)N/C=C/c2ccccc2)C1. The van der Waals surface area contributed by atoms with Gasteiger partial charge in [-0.25, -0.2) is 4.79 Å². The summed E-state index contributed by atoms with van der Waals surface area (Å²) in [5.74, 6) is 1.18. The highest BCUT2D eigenvalue weighted by atomic mass is 16.2. The van der Waals surface area contributed by atoms with Crippen LogP contribution in [0.4, 0.5) is 4.79 Å². The molecule has 2 rings (SSSR count). The van der Waals surface area contributed by atoms with E-state index in [2.05, 4.69) is 19.2 Å². The average Bonchev–Trinajstić information content (AvgIpc) is 2.38. The van der Waals surface area contributed by atoms with Gasteiger partial charge in [0.1, 0.15) is 0 Å². The van der Waals surface area contributed by atoms with Gasteiger partial charge in [-0.2, -0.15) is 0 Å². The van der Waals surface area contributed by atoms with Crippen molar-refractivity contribution in [2.24, 2.45) is 11.8 Å². The highest BCUT2D eigenvalue weighted by molar-refractivity contribution is 5.76. The maximum atomic E-state index is 12.0. The van der Waals surface area contributed by atoms with Crippen LogP contribution in [-0.2, 0) is 0 Å². The lowest BCUT2D eigenvalue weighted by atomic mass is 9.92. The molecule has 1 saturated heterocycles. The Morgan fingerprint density at radius 2 is 1.84 bits per heavy atom. The Labute approximate surface area is 115 Å². The summed E-state index contributed by atoms with van der Waals surface area (Å²) in [5.41, 5.74) is 1.09. The van der Waals surface area contributed by atoms with Crippen LogP contribution in [0.3, 0.4) is 0 Å². The predicted molar refractivity (Wildman–Crippen MR) is 78.5 cm³/mol. The fraction of sp³-hybridized carbons (Fsp3) is 0.438. The first-order chi connectivity index (χ1) is 9.15. The summed E-state index contributed by atoms with van der Waals surface area (Å²) in [4.78, 5) is 14.0. The summed E-state index contributed by atoms with van der Waals surface area (Å²) in [6.45, 7) is 6.12. The summed E-state index contributed by atoms with van der Waals surface area (Å²) < 4.78 is 0. The normalized spacial score (nSPS) is 23.6. The van der Waals surface area contributed by atoms with E-state index in [0.717, 1.165) is 18.7 Å². The molecule has 2 atom stereocenters. The number of nitrogens with zero attached hydrogens (tertiary/aromatic N) is 1. The summed E-state index contributed by atoms with van der Waals surface area (Å²) in [6.07, 6.45) is 4.85. The highest BCUT2D eigenvalue weighted by Gasteiger charge is 2.24. The fourth-order valence-corrected chi connectivity index (χ4v) is 2.69. The summed E-state index contributed by atoms with van der Waals surface area (Å²) in [5, 5.41) is 2.85. The maximum absolute atomic E-state index is 12.0. The van der Waals surface area contributed by atoms with Gasteiger partial charge in [0.25, 0.3) is 0 Å². The second-order valence-corrected chi connectivity index (χ2v) is 5.54. The lowest BCUT2D eigenvalue weighted by Crippen LogP contribution is -2.46. The van der Waals surface area contributed by atoms with Gasteiger partial charge < -0.3 is 10.2 Å². The van der Waals surface area contributed by atoms with Gasteiger partial charge in [0.05, 0.1) is 0 Å². The van der Waals surface area contributed by atoms with Crippen molar-refractivity contribution in [3.05, 3.63) is 42.1 Å². The van der Waals surface area contributed by atoms with E-state index >= 15 is 0 Å². The Morgan fingerprint density at radius 1 is 1.21 bits per heavy atom. The maximum Gasteiger partial charge on any atom is 0.321 e. The molecule has 0 aliphatic carbocycles. The highest BCUT2D eigenvalue weighted by Crippen LogP contribution is 2.20. The smallest absolute Gasteiger partial charge is 0.321 e. The first-order valence-corrected chi connectivity index (χ1v) is 6.92. The van der Waals surface area contributed by atoms with E-state index in [1.54, 1.807) is 6.20 Å². The lowest BCUT2D eigenvalue weighted by Gasteiger charge is -2.34. The van der Waals surface area contributed by atoms with Crippen molar-refractivity contribution in [1.82, 2.24) is 10.2 Å². The minimum Gasteiger partial charge on any atom is -0.324 e. The van der Waals surface area contributed by atoms with Crippen molar-refractivity contribution in [1.29, 1.82) is 0 Å². The minimum atomic E-state index is 0.00517. The topological polar surface area (TPSA) is 32.3 Å². The third-order valence-electron chi connectivity index (χ3n) is 3.44. The molecule has 1 aromatic carbocycles. The molecular formula is C16H22N2O. The Kier molecular flexibility index (Phi) is 4.61. The van der Waals surface area contributed by atoms with Crippen molar-refractivity contribution >= 4 is 12.1 Å². The van der Waals surface area contributed by atoms with Gasteiger partial charge in [0.15, 0.2) is 0 Å². The van der Waals surface area contributed by atoms with Crippen molar-refractivity contribution in [2.75, 3.05) is 13.1 Å². The molecular weight excluding hydrogens is 236 g/mol. The van der Waals surface area contributed by atoms with E-state index < -0.39 is 0 Å². The third-order valence-corrected chi connectivity index (χ3v) is 3.44. The Bertz CT molecular complexity index is 431. The fourth-order valence-electron chi connectivity index (χ4n) is 2.69. The number of urea groups is 1. The van der Waals surface area contributed by atoms with Crippen LogP contribution in [-0.4, -0.2) is 24.0 Å². The molecule has 19 heavy (non-hydrogen) atoms. The van der Waals surface area contributed by atoms with E-state index in [4.69, 9.17) is 0 Å². The zero-order valence-electron chi connectivity index (χ0n) is 11.7. The largest absolute Gasteiger partial charge is 0.324 e. The van der Waals surface area contributed by atoms with Crippen LogP contribution < -0.4 is 5.32 Å². The van der Waals surface area contributed by atoms with Gasteiger partial charge in [-0.3, -0.25) is 0 Å². The average molecular weight is 258 g/mol. The van der Waals surface area contributed by atoms with Gasteiger partial charge >= 0.3 is 6.03 Å². The van der Waals surface area contributed by atoms with Crippen molar-refractivity contribution in [2.45, 2.75) is 20.3 Å². The van der Waals surface area contributed by atoms with Gasteiger partial charge in [0.2, 0.25) is 0 Å². The number of rotatable bonds is 2. The molecule has 0 saturated carbocycles. The molecule has 1 N–H and O–H groups in total. The Morgan fingerprint density at radius 3 is 2.47 bits per heavy atom. The number of nitrogens with one attached hydrogen (secondary N) is 1. The van der Waals surface area contributed by atoms with Gasteiger partial charge in [-0.1, -0.05) is 44.2 Å². The number of benzene rings is 1. The van der Waals surface area contributed by atoms with E-state index in [1.165, 1.54) is 6.42 Å². The van der Waals surface area contributed by atoms with Crippen LogP contribution in [0.15, 0.2) is 36.5 Å². The Hall–Kier alpha value is -1.77. The monoisotopic (exact) mass is 258 g/mol. The number of likely N-dealkylation sites (tertiary alicyclic amines) is 1. The van der Waals surface area contributed by atoms with Crippen LogP contribution in [0.25, 0.3) is 6.08 Å². The molecule has 2 amide bonds. The zero-order chi connectivity index (χ0) is 13.7. The van der Waals surface area contributed by atoms with Crippen LogP contribution >= 0.6 is 0 Å². The van der Waals surface area contributed by atoms with Crippen molar-refractivity contribution in [3.63, 3.8) is 0 Å². The first-order valence-electron chi connectivity index (χ1n) is 6.92. The molecule has 1 aromatic rings. The van der Waals surface area contributed by atoms with Crippen molar-refractivity contribution < 1.29 is 4.79 Å². The van der Waals surface area contributed by atoms with Gasteiger partial charge in [-0.15, -0.1) is 0 Å². The van der Waals surface area contributed by atoms with Gasteiger partial charge in [0, 0.05) is 19.3 Å². The zero-order valence-corrected chi connectivity index (χ0v) is 11.7. The molecule has 0 radical (unpaired) electrons. The first kappa shape index (κ1) is 13.7. The predicted octanol–water partition coefficient (Wildman–Crippen LogP) is 3.34. The number of piperidine rings is 1. The molecule has 1 aliphatic rings. The number of carbonyl (C=O) groups excluding carboxylic acids is 1. The molecule has 0 spiro atoms. The van der Waals surface area contributed by atoms with E-state index in [-0.39, 0.29) is 6.03 Å². The molecule has 3 heteroatoms. The summed E-state index contributed by atoms with van der Waals surface area (Å²) in [7, 11) is 0. The molecule has 1 fully saturated rings. The molecule has 2 unspecified atom stereocenters. The summed E-state index contributed by atoms with van der Waals surface area (Å²) >= 11 is 0. The molecule has 0 bridgehead atoms. The van der Waals surface area contributed by atoms with Crippen molar-refractivity contribution in [3.8, 4) is 0 Å². The molecule has 1 heterocycles. The molecule has 102 valence electrons. The second kappa shape index (κ2) is 6.41. The second-order valence-electron chi connectivity index (χ2n) is 5.54. The molecule has 3 nitrogen and oxygen atoms in total. The van der Waals surface area contributed by atoms with Gasteiger partial charge in [-0.05, 0) is 29.9 Å².